The molecule has 7 heteroatoms. The fraction of sp³-hybridized carbons (Fsp3) is 0.412. The summed E-state index contributed by atoms with van der Waals surface area (Å²) in [5, 5.41) is 22.5. The number of likely N-dealkylation sites (tertiary alicyclic amines) is 1. The van der Waals surface area contributed by atoms with Gasteiger partial charge in [0, 0.05) is 36.6 Å². The molecule has 0 spiro atoms. The molecule has 1 aromatic rings. The number of carbonyl (C=O) groups excluding carboxylic acids is 1. The highest BCUT2D eigenvalue weighted by Gasteiger charge is 2.20. The molecular weight excluding hydrogens is 308 g/mol. The van der Waals surface area contributed by atoms with Crippen LogP contribution >= 0.6 is 0 Å². The molecule has 1 unspecified atom stereocenters. The third kappa shape index (κ3) is 4.32. The minimum absolute atomic E-state index is 0.0358. The Hall–Kier alpha value is -2.88. The quantitative estimate of drug-likeness (QED) is 0.387. The van der Waals surface area contributed by atoms with Gasteiger partial charge in [-0.15, -0.1) is 0 Å². The Morgan fingerprint density at radius 1 is 1.46 bits per heavy atom. The van der Waals surface area contributed by atoms with Crippen LogP contribution in [-0.4, -0.2) is 28.3 Å². The van der Waals surface area contributed by atoms with Crippen LogP contribution in [0.5, 0.6) is 0 Å². The van der Waals surface area contributed by atoms with Crippen molar-refractivity contribution in [1.29, 1.82) is 5.26 Å². The monoisotopic (exact) mass is 328 g/mol. The number of hydrogen-bond acceptors (Lipinski definition) is 5. The fourth-order valence-electron chi connectivity index (χ4n) is 2.80. The summed E-state index contributed by atoms with van der Waals surface area (Å²) in [6.07, 6.45) is 5.89. The van der Waals surface area contributed by atoms with E-state index in [0.29, 0.717) is 11.7 Å². The molecule has 1 atom stereocenters. The van der Waals surface area contributed by atoms with Crippen molar-refractivity contribution in [2.24, 2.45) is 0 Å². The highest BCUT2D eigenvalue weighted by Crippen LogP contribution is 2.21. The van der Waals surface area contributed by atoms with Crippen molar-refractivity contribution in [1.82, 2.24) is 4.90 Å². The van der Waals surface area contributed by atoms with E-state index in [-0.39, 0.29) is 11.3 Å². The Labute approximate surface area is 140 Å². The molecule has 1 aromatic carbocycles. The van der Waals surface area contributed by atoms with Crippen molar-refractivity contribution in [3.8, 4) is 6.07 Å². The third-order valence-electron chi connectivity index (χ3n) is 4.14. The Balaban J connectivity index is 2.09. The molecule has 0 aliphatic carbocycles. The minimum atomic E-state index is -0.508. The zero-order chi connectivity index (χ0) is 17.5. The molecule has 1 amide bonds. The maximum Gasteiger partial charge on any atom is 0.269 e. The van der Waals surface area contributed by atoms with Gasteiger partial charge in [0.1, 0.15) is 11.6 Å². The number of anilines is 1. The van der Waals surface area contributed by atoms with Crippen LogP contribution in [0.4, 0.5) is 11.4 Å². The third-order valence-corrected chi connectivity index (χ3v) is 4.14. The minimum Gasteiger partial charge on any atom is -0.373 e. The lowest BCUT2D eigenvalue weighted by molar-refractivity contribution is -0.384. The van der Waals surface area contributed by atoms with Crippen LogP contribution in [0.2, 0.25) is 0 Å². The lowest BCUT2D eigenvalue weighted by Gasteiger charge is -2.34. The molecule has 126 valence electrons. The summed E-state index contributed by atoms with van der Waals surface area (Å²) in [5.74, 6) is -0.508. The summed E-state index contributed by atoms with van der Waals surface area (Å²) in [6.45, 7) is 2.94. The van der Waals surface area contributed by atoms with Gasteiger partial charge in [-0.1, -0.05) is 6.92 Å². The maximum atomic E-state index is 12.3. The Morgan fingerprint density at radius 2 is 2.17 bits per heavy atom. The normalized spacial score (nSPS) is 17.9. The molecule has 0 radical (unpaired) electrons. The van der Waals surface area contributed by atoms with Gasteiger partial charge >= 0.3 is 0 Å². The van der Waals surface area contributed by atoms with Crippen LogP contribution in [0, 0.1) is 21.4 Å². The first kappa shape index (κ1) is 17.5. The van der Waals surface area contributed by atoms with Crippen molar-refractivity contribution in [2.75, 3.05) is 11.9 Å². The first-order chi connectivity index (χ1) is 11.5. The maximum absolute atomic E-state index is 12.3. The summed E-state index contributed by atoms with van der Waals surface area (Å²) in [4.78, 5) is 24.5. The van der Waals surface area contributed by atoms with Gasteiger partial charge in [-0.25, -0.2) is 0 Å². The van der Waals surface area contributed by atoms with Gasteiger partial charge in [-0.2, -0.15) is 5.26 Å². The van der Waals surface area contributed by atoms with Crippen LogP contribution in [0.25, 0.3) is 0 Å². The summed E-state index contributed by atoms with van der Waals surface area (Å²) in [5.41, 5.74) is 0.397. The van der Waals surface area contributed by atoms with Crippen LogP contribution in [-0.2, 0) is 4.79 Å². The number of nitriles is 1. The van der Waals surface area contributed by atoms with Gasteiger partial charge in [0.15, 0.2) is 0 Å². The first-order valence-corrected chi connectivity index (χ1v) is 7.98. The number of non-ortho nitro benzene ring substituents is 1. The summed E-state index contributed by atoms with van der Waals surface area (Å²) >= 11 is 0. The molecule has 1 saturated heterocycles. The highest BCUT2D eigenvalue weighted by molar-refractivity contribution is 6.06. The molecular formula is C17H20N4O3. The van der Waals surface area contributed by atoms with Crippen LogP contribution < -0.4 is 5.32 Å². The van der Waals surface area contributed by atoms with E-state index in [2.05, 4.69) is 17.1 Å². The molecule has 0 aromatic heterocycles. The second-order valence-electron chi connectivity index (χ2n) is 5.71. The average molecular weight is 328 g/mol. The van der Waals surface area contributed by atoms with Crippen molar-refractivity contribution in [3.05, 3.63) is 46.2 Å². The lowest BCUT2D eigenvalue weighted by atomic mass is 10.0. The zero-order valence-corrected chi connectivity index (χ0v) is 13.6. The zero-order valence-electron chi connectivity index (χ0n) is 13.6. The summed E-state index contributed by atoms with van der Waals surface area (Å²) in [6, 6.07) is 7.81. The van der Waals surface area contributed by atoms with E-state index in [4.69, 9.17) is 0 Å². The van der Waals surface area contributed by atoms with Gasteiger partial charge in [0.25, 0.3) is 11.6 Å². The number of nitro benzene ring substituents is 1. The van der Waals surface area contributed by atoms with Crippen LogP contribution in [0.3, 0.4) is 0 Å². The molecule has 7 nitrogen and oxygen atoms in total. The molecule has 0 saturated carbocycles. The number of carbonyl (C=O) groups is 1. The van der Waals surface area contributed by atoms with Crippen LogP contribution in [0.15, 0.2) is 36.0 Å². The molecule has 1 N–H and O–H groups in total. The number of nitrogens with one attached hydrogen (secondary N) is 1. The van der Waals surface area contributed by atoms with Gasteiger partial charge < -0.3 is 10.2 Å². The highest BCUT2D eigenvalue weighted by atomic mass is 16.6. The Bertz CT molecular complexity index is 676. The van der Waals surface area contributed by atoms with E-state index in [0.717, 1.165) is 25.8 Å². The van der Waals surface area contributed by atoms with Gasteiger partial charge in [0.2, 0.25) is 0 Å². The van der Waals surface area contributed by atoms with Crippen molar-refractivity contribution < 1.29 is 9.72 Å². The van der Waals surface area contributed by atoms with E-state index >= 15 is 0 Å². The molecule has 0 bridgehead atoms. The second-order valence-corrected chi connectivity index (χ2v) is 5.71. The number of nitrogens with zero attached hydrogens (tertiary/aromatic N) is 3. The first-order valence-electron chi connectivity index (χ1n) is 7.98. The molecule has 1 aliphatic rings. The number of benzene rings is 1. The number of rotatable bonds is 5. The molecule has 1 fully saturated rings. The standard InChI is InChI=1S/C17H20N4O3/c1-2-15-5-3-4-10-20(15)12-13(11-18)17(22)19-14-6-8-16(9-7-14)21(23)24/h6-9,12,15H,2-5,10H2,1H3,(H,19,22)/b13-12-. The predicted octanol–water partition coefficient (Wildman–Crippen LogP) is 3.21. The van der Waals surface area contributed by atoms with E-state index in [1.54, 1.807) is 6.20 Å². The van der Waals surface area contributed by atoms with Gasteiger partial charge in [0.05, 0.1) is 4.92 Å². The average Bonchev–Trinajstić information content (AvgIpc) is 2.60. The molecule has 24 heavy (non-hydrogen) atoms. The SMILES string of the molecule is CCC1CCCCN1/C=C(/C#N)C(=O)Nc1ccc([N+](=O)[O-])cc1. The predicted molar refractivity (Wildman–Crippen MR) is 90.1 cm³/mol. The smallest absolute Gasteiger partial charge is 0.269 e. The lowest BCUT2D eigenvalue weighted by Crippen LogP contribution is -2.35. The Kier molecular flexibility index (Phi) is 5.90. The van der Waals surface area contributed by atoms with E-state index in [1.165, 1.54) is 30.7 Å². The number of hydrogen-bond donors (Lipinski definition) is 1. The van der Waals surface area contributed by atoms with Crippen molar-refractivity contribution in [3.63, 3.8) is 0 Å². The van der Waals surface area contributed by atoms with Gasteiger partial charge in [-0.05, 0) is 37.8 Å². The number of amides is 1. The molecule has 1 heterocycles. The van der Waals surface area contributed by atoms with E-state index in [1.807, 2.05) is 6.07 Å². The summed E-state index contributed by atoms with van der Waals surface area (Å²) in [7, 11) is 0. The Morgan fingerprint density at radius 3 is 2.75 bits per heavy atom. The van der Waals surface area contributed by atoms with Crippen LogP contribution in [0.1, 0.15) is 32.6 Å². The fourth-order valence-corrected chi connectivity index (χ4v) is 2.80. The van der Waals surface area contributed by atoms with Crippen molar-refractivity contribution in [2.45, 2.75) is 38.6 Å². The number of piperidine rings is 1. The topological polar surface area (TPSA) is 99.3 Å². The van der Waals surface area contributed by atoms with E-state index in [9.17, 15) is 20.2 Å². The van der Waals surface area contributed by atoms with E-state index < -0.39 is 10.8 Å². The largest absolute Gasteiger partial charge is 0.373 e. The van der Waals surface area contributed by atoms with Gasteiger partial charge in [-0.3, -0.25) is 14.9 Å². The second kappa shape index (κ2) is 8.11. The molecule has 2 rings (SSSR count). The summed E-state index contributed by atoms with van der Waals surface area (Å²) < 4.78 is 0. The van der Waals surface area contributed by atoms with Crippen molar-refractivity contribution >= 4 is 17.3 Å². The molecule has 1 aliphatic heterocycles. The number of nitro groups is 1.